The van der Waals surface area contributed by atoms with E-state index in [9.17, 15) is 19.7 Å². The highest BCUT2D eigenvalue weighted by molar-refractivity contribution is 5.83. The smallest absolute Gasteiger partial charge is 0.334 e. The van der Waals surface area contributed by atoms with E-state index in [1.807, 2.05) is 29.3 Å². The van der Waals surface area contributed by atoms with Crippen LogP contribution in [0.4, 0.5) is 5.69 Å². The van der Waals surface area contributed by atoms with Crippen molar-refractivity contribution in [1.82, 2.24) is 14.5 Å². The third-order valence-electron chi connectivity index (χ3n) is 6.65. The van der Waals surface area contributed by atoms with E-state index in [1.54, 1.807) is 10.6 Å². The van der Waals surface area contributed by atoms with Crippen molar-refractivity contribution in [3.05, 3.63) is 74.3 Å². The van der Waals surface area contributed by atoms with Crippen molar-refractivity contribution in [2.45, 2.75) is 38.1 Å². The number of nitrogens with zero attached hydrogens (tertiary/aromatic N) is 3. The molecular weight excluding hydrogens is 396 g/mol. The molecule has 1 saturated heterocycles. The van der Waals surface area contributed by atoms with Gasteiger partial charge >= 0.3 is 11.2 Å². The zero-order chi connectivity index (χ0) is 21.5. The standard InChI is InChI=1S/C23H24N4O4/c28-22(7-3-4-16-11-24-19-6-2-1-5-18(16)19)25-12-15-10-17(14-25)20-8-9-21(27(30)31)23(29)26(20)13-15/h1-2,5-6,8-9,11,15,17,24H,3-4,7,10,12-14H2/t15-,17+/m0/s1. The summed E-state index contributed by atoms with van der Waals surface area (Å²) < 4.78 is 1.55. The third kappa shape index (κ3) is 3.52. The molecule has 0 unspecified atom stereocenters. The van der Waals surface area contributed by atoms with E-state index in [-0.39, 0.29) is 23.4 Å². The molecule has 0 spiro atoms. The molecule has 2 aliphatic rings. The van der Waals surface area contributed by atoms with Crippen LogP contribution in [0.1, 0.15) is 36.4 Å². The molecule has 5 rings (SSSR count). The highest BCUT2D eigenvalue weighted by atomic mass is 16.6. The number of H-pyrrole nitrogens is 1. The molecule has 1 N–H and O–H groups in total. The summed E-state index contributed by atoms with van der Waals surface area (Å²) in [5, 5.41) is 12.3. The van der Waals surface area contributed by atoms with Gasteiger partial charge in [0.05, 0.1) is 4.92 Å². The maximum absolute atomic E-state index is 12.9. The maximum atomic E-state index is 12.9. The van der Waals surface area contributed by atoms with Crippen molar-refractivity contribution in [3.8, 4) is 0 Å². The summed E-state index contributed by atoms with van der Waals surface area (Å²) >= 11 is 0. The summed E-state index contributed by atoms with van der Waals surface area (Å²) in [5.41, 5.74) is 2.24. The Morgan fingerprint density at radius 3 is 2.84 bits per heavy atom. The average molecular weight is 420 g/mol. The van der Waals surface area contributed by atoms with Gasteiger partial charge in [-0.3, -0.25) is 19.7 Å². The second kappa shape index (κ2) is 7.68. The van der Waals surface area contributed by atoms with Gasteiger partial charge in [0, 0.05) is 60.8 Å². The van der Waals surface area contributed by atoms with E-state index in [1.165, 1.54) is 17.0 Å². The van der Waals surface area contributed by atoms with Crippen LogP contribution in [-0.2, 0) is 17.8 Å². The SMILES string of the molecule is O=C(CCCc1c[nH]c2ccccc12)N1C[C@@H]2C[C@H](C1)c1ccc([N+](=O)[O-])c(=O)n1C2. The number of para-hydroxylation sites is 1. The Bertz CT molecular complexity index is 1230. The summed E-state index contributed by atoms with van der Waals surface area (Å²) in [4.78, 5) is 41.1. The number of likely N-dealkylation sites (tertiary alicyclic amines) is 1. The molecular formula is C23H24N4O4. The number of benzene rings is 1. The number of aromatic amines is 1. The second-order valence-electron chi connectivity index (χ2n) is 8.63. The van der Waals surface area contributed by atoms with E-state index < -0.39 is 10.5 Å². The number of pyridine rings is 1. The Kier molecular flexibility index (Phi) is 4.84. The molecule has 3 aromatic rings. The zero-order valence-electron chi connectivity index (χ0n) is 17.1. The van der Waals surface area contributed by atoms with Crippen molar-refractivity contribution in [1.29, 1.82) is 0 Å². The molecule has 0 saturated carbocycles. The van der Waals surface area contributed by atoms with E-state index >= 15 is 0 Å². The molecule has 160 valence electrons. The van der Waals surface area contributed by atoms with Crippen LogP contribution in [0.2, 0.25) is 0 Å². The Morgan fingerprint density at radius 2 is 2.00 bits per heavy atom. The number of hydrogen-bond acceptors (Lipinski definition) is 4. The monoisotopic (exact) mass is 420 g/mol. The van der Waals surface area contributed by atoms with Gasteiger partial charge in [0.15, 0.2) is 0 Å². The number of fused-ring (bicyclic) bond motifs is 5. The predicted octanol–water partition coefficient (Wildman–Crippen LogP) is 3.21. The van der Waals surface area contributed by atoms with Crippen molar-refractivity contribution in [3.63, 3.8) is 0 Å². The fourth-order valence-corrected chi connectivity index (χ4v) is 5.20. The van der Waals surface area contributed by atoms with E-state index in [4.69, 9.17) is 0 Å². The van der Waals surface area contributed by atoms with Crippen LogP contribution < -0.4 is 5.56 Å². The molecule has 31 heavy (non-hydrogen) atoms. The summed E-state index contributed by atoms with van der Waals surface area (Å²) in [6.45, 7) is 1.61. The number of aryl methyl sites for hydroxylation is 1. The second-order valence-corrected chi connectivity index (χ2v) is 8.63. The van der Waals surface area contributed by atoms with Gasteiger partial charge in [-0.1, -0.05) is 18.2 Å². The number of rotatable bonds is 5. The Hall–Kier alpha value is -3.42. The van der Waals surface area contributed by atoms with Gasteiger partial charge in [0.25, 0.3) is 0 Å². The van der Waals surface area contributed by atoms with Gasteiger partial charge in [0.1, 0.15) is 0 Å². The molecule has 0 aliphatic carbocycles. The molecule has 0 radical (unpaired) electrons. The summed E-state index contributed by atoms with van der Waals surface area (Å²) in [7, 11) is 0. The number of hydrogen-bond donors (Lipinski definition) is 1. The Balaban J connectivity index is 1.25. The van der Waals surface area contributed by atoms with Crippen molar-refractivity contribution < 1.29 is 9.72 Å². The number of piperidine rings is 1. The predicted molar refractivity (Wildman–Crippen MR) is 116 cm³/mol. The first-order valence-electron chi connectivity index (χ1n) is 10.7. The number of nitro groups is 1. The van der Waals surface area contributed by atoms with Gasteiger partial charge in [-0.05, 0) is 42.9 Å². The molecule has 1 fully saturated rings. The molecule has 4 heterocycles. The minimum Gasteiger partial charge on any atom is -0.361 e. The first-order chi connectivity index (χ1) is 15.0. The summed E-state index contributed by atoms with van der Waals surface area (Å²) in [6, 6.07) is 11.2. The number of carbonyl (C=O) groups is 1. The fourth-order valence-electron chi connectivity index (χ4n) is 5.20. The van der Waals surface area contributed by atoms with E-state index in [0.717, 1.165) is 30.5 Å². The van der Waals surface area contributed by atoms with Gasteiger partial charge in [0.2, 0.25) is 5.91 Å². The molecule has 2 atom stereocenters. The van der Waals surface area contributed by atoms with Crippen LogP contribution >= 0.6 is 0 Å². The van der Waals surface area contributed by atoms with E-state index in [2.05, 4.69) is 11.1 Å². The first-order valence-corrected chi connectivity index (χ1v) is 10.7. The molecule has 8 heteroatoms. The highest BCUT2D eigenvalue weighted by Crippen LogP contribution is 2.36. The van der Waals surface area contributed by atoms with Gasteiger partial charge < -0.3 is 14.5 Å². The fraction of sp³-hybridized carbons (Fsp3) is 0.391. The van der Waals surface area contributed by atoms with Gasteiger partial charge in [-0.25, -0.2) is 0 Å². The lowest BCUT2D eigenvalue weighted by Gasteiger charge is -2.42. The molecule has 1 amide bonds. The number of aromatic nitrogens is 2. The lowest BCUT2D eigenvalue weighted by Crippen LogP contribution is -2.49. The average Bonchev–Trinajstić information content (AvgIpc) is 3.17. The largest absolute Gasteiger partial charge is 0.361 e. The Morgan fingerprint density at radius 1 is 1.16 bits per heavy atom. The quantitative estimate of drug-likeness (QED) is 0.506. The van der Waals surface area contributed by atoms with Crippen molar-refractivity contribution in [2.75, 3.05) is 13.1 Å². The molecule has 2 aliphatic heterocycles. The van der Waals surface area contributed by atoms with Crippen LogP contribution in [-0.4, -0.2) is 38.4 Å². The third-order valence-corrected chi connectivity index (χ3v) is 6.65. The van der Waals surface area contributed by atoms with E-state index in [0.29, 0.717) is 26.1 Å². The van der Waals surface area contributed by atoms with Crippen LogP contribution in [0.15, 0.2) is 47.4 Å². The minimum atomic E-state index is -0.621. The van der Waals surface area contributed by atoms with Crippen molar-refractivity contribution >= 4 is 22.5 Å². The van der Waals surface area contributed by atoms with Crippen LogP contribution in [0.3, 0.4) is 0 Å². The molecule has 2 bridgehead atoms. The summed E-state index contributed by atoms with van der Waals surface area (Å²) in [5.74, 6) is 0.356. The lowest BCUT2D eigenvalue weighted by molar-refractivity contribution is -0.386. The van der Waals surface area contributed by atoms with Crippen LogP contribution in [0.25, 0.3) is 10.9 Å². The van der Waals surface area contributed by atoms with Crippen molar-refractivity contribution in [2.24, 2.45) is 5.92 Å². The topological polar surface area (TPSA) is 101 Å². The minimum absolute atomic E-state index is 0.0542. The Labute approximate surface area is 178 Å². The number of carbonyl (C=O) groups excluding carboxylic acids is 1. The first kappa shape index (κ1) is 19.5. The maximum Gasteiger partial charge on any atom is 0.334 e. The van der Waals surface area contributed by atoms with Gasteiger partial charge in [-0.15, -0.1) is 0 Å². The molecule has 8 nitrogen and oxygen atoms in total. The highest BCUT2D eigenvalue weighted by Gasteiger charge is 2.37. The zero-order valence-corrected chi connectivity index (χ0v) is 17.1. The number of nitrogens with one attached hydrogen (secondary N) is 1. The summed E-state index contributed by atoms with van der Waals surface area (Å²) in [6.07, 6.45) is 5.06. The molecule has 1 aromatic carbocycles. The lowest BCUT2D eigenvalue weighted by atomic mass is 9.83. The van der Waals surface area contributed by atoms with Crippen LogP contribution in [0.5, 0.6) is 0 Å². The van der Waals surface area contributed by atoms with Crippen LogP contribution in [0, 0.1) is 16.0 Å². The van der Waals surface area contributed by atoms with Gasteiger partial charge in [-0.2, -0.15) is 0 Å². The number of amides is 1. The molecule has 2 aromatic heterocycles. The normalized spacial score (nSPS) is 19.9.